The van der Waals surface area contributed by atoms with Crippen LogP contribution in [-0.2, 0) is 4.79 Å². The van der Waals surface area contributed by atoms with Crippen LogP contribution in [-0.4, -0.2) is 29.8 Å². The van der Waals surface area contributed by atoms with Crippen LogP contribution in [0.2, 0.25) is 0 Å². The van der Waals surface area contributed by atoms with E-state index in [1.54, 1.807) is 25.8 Å². The van der Waals surface area contributed by atoms with E-state index in [-0.39, 0.29) is 6.54 Å². The van der Waals surface area contributed by atoms with E-state index in [4.69, 9.17) is 9.63 Å². The van der Waals surface area contributed by atoms with E-state index in [0.29, 0.717) is 11.5 Å². The Balaban J connectivity index is 2.87. The van der Waals surface area contributed by atoms with Gasteiger partial charge in [-0.1, -0.05) is 5.16 Å². The monoisotopic (exact) mass is 184 g/mol. The van der Waals surface area contributed by atoms with Gasteiger partial charge in [0.15, 0.2) is 5.76 Å². The second-order valence-corrected chi connectivity index (χ2v) is 2.92. The lowest BCUT2D eigenvalue weighted by Crippen LogP contribution is -2.25. The third kappa shape index (κ3) is 1.99. The Bertz CT molecular complexity index is 300. The molecule has 0 aliphatic carbocycles. The van der Waals surface area contributed by atoms with Gasteiger partial charge in [-0.15, -0.1) is 0 Å². The van der Waals surface area contributed by atoms with Crippen LogP contribution in [0.4, 0.5) is 5.69 Å². The van der Waals surface area contributed by atoms with Crippen molar-refractivity contribution in [1.29, 1.82) is 0 Å². The molecule has 0 aromatic carbocycles. The highest BCUT2D eigenvalue weighted by Gasteiger charge is 2.15. The lowest BCUT2D eigenvalue weighted by molar-refractivity contribution is -0.135. The molecule has 0 saturated carbocycles. The minimum atomic E-state index is -0.873. The summed E-state index contributed by atoms with van der Waals surface area (Å²) >= 11 is 0. The van der Waals surface area contributed by atoms with Crippen LogP contribution < -0.4 is 4.90 Å². The summed E-state index contributed by atoms with van der Waals surface area (Å²) in [5, 5.41) is 12.3. The van der Waals surface area contributed by atoms with E-state index < -0.39 is 5.97 Å². The molecule has 0 radical (unpaired) electrons. The van der Waals surface area contributed by atoms with E-state index in [0.717, 1.165) is 5.69 Å². The maximum absolute atomic E-state index is 10.4. The van der Waals surface area contributed by atoms with Crippen molar-refractivity contribution in [3.8, 4) is 0 Å². The fourth-order valence-electron chi connectivity index (χ4n) is 1.31. The SMILES string of the molecule is Cc1noc(C)c1N(C)CC(=O)O. The molecule has 5 heteroatoms. The second-order valence-electron chi connectivity index (χ2n) is 2.92. The summed E-state index contributed by atoms with van der Waals surface area (Å²) in [6, 6.07) is 0. The summed E-state index contributed by atoms with van der Waals surface area (Å²) in [5.41, 5.74) is 1.46. The number of aromatic nitrogens is 1. The fourth-order valence-corrected chi connectivity index (χ4v) is 1.31. The van der Waals surface area contributed by atoms with Crippen LogP contribution in [0.3, 0.4) is 0 Å². The van der Waals surface area contributed by atoms with Gasteiger partial charge in [-0.2, -0.15) is 0 Å². The Kier molecular flexibility index (Phi) is 2.55. The van der Waals surface area contributed by atoms with Crippen molar-refractivity contribution in [1.82, 2.24) is 5.16 Å². The molecule has 13 heavy (non-hydrogen) atoms. The number of aliphatic carboxylic acids is 1. The summed E-state index contributed by atoms with van der Waals surface area (Å²) in [4.78, 5) is 12.0. The molecule has 0 saturated heterocycles. The highest BCUT2D eigenvalue weighted by molar-refractivity contribution is 5.74. The lowest BCUT2D eigenvalue weighted by atomic mass is 10.3. The summed E-state index contributed by atoms with van der Waals surface area (Å²) in [6.45, 7) is 3.49. The summed E-state index contributed by atoms with van der Waals surface area (Å²) in [7, 11) is 1.70. The minimum absolute atomic E-state index is 0.0527. The Morgan fingerprint density at radius 1 is 1.62 bits per heavy atom. The molecule has 0 spiro atoms. The quantitative estimate of drug-likeness (QED) is 0.753. The Labute approximate surface area is 75.9 Å². The highest BCUT2D eigenvalue weighted by Crippen LogP contribution is 2.22. The van der Waals surface area contributed by atoms with Crippen molar-refractivity contribution < 1.29 is 14.4 Å². The summed E-state index contributed by atoms with van der Waals surface area (Å²) in [5.74, 6) is -0.233. The Hall–Kier alpha value is -1.52. The first-order valence-corrected chi connectivity index (χ1v) is 3.88. The first kappa shape index (κ1) is 9.57. The smallest absolute Gasteiger partial charge is 0.323 e. The molecule has 0 aliphatic rings. The average Bonchev–Trinajstić information content (AvgIpc) is 2.29. The van der Waals surface area contributed by atoms with Gasteiger partial charge in [0.25, 0.3) is 0 Å². The van der Waals surface area contributed by atoms with Gasteiger partial charge in [-0.05, 0) is 13.8 Å². The molecule has 0 atom stereocenters. The van der Waals surface area contributed by atoms with Crippen LogP contribution in [0, 0.1) is 13.8 Å². The number of rotatable bonds is 3. The van der Waals surface area contributed by atoms with E-state index in [2.05, 4.69) is 5.16 Å². The highest BCUT2D eigenvalue weighted by atomic mass is 16.5. The fraction of sp³-hybridized carbons (Fsp3) is 0.500. The number of hydrogen-bond acceptors (Lipinski definition) is 4. The molecule has 1 N–H and O–H groups in total. The van der Waals surface area contributed by atoms with Gasteiger partial charge < -0.3 is 14.5 Å². The molecule has 1 heterocycles. The van der Waals surface area contributed by atoms with Gasteiger partial charge in [0, 0.05) is 7.05 Å². The van der Waals surface area contributed by atoms with Crippen LogP contribution in [0.15, 0.2) is 4.52 Å². The maximum atomic E-state index is 10.4. The number of carboxylic acid groups (broad SMARTS) is 1. The number of hydrogen-bond donors (Lipinski definition) is 1. The first-order chi connectivity index (χ1) is 6.02. The zero-order valence-electron chi connectivity index (χ0n) is 7.87. The molecule has 1 rings (SSSR count). The van der Waals surface area contributed by atoms with Gasteiger partial charge in [0.2, 0.25) is 0 Å². The molecule has 0 amide bonds. The van der Waals surface area contributed by atoms with Gasteiger partial charge in [0.05, 0.1) is 0 Å². The summed E-state index contributed by atoms with van der Waals surface area (Å²) < 4.78 is 4.91. The zero-order chi connectivity index (χ0) is 10.0. The number of carbonyl (C=O) groups is 1. The normalized spacial score (nSPS) is 10.1. The van der Waals surface area contributed by atoms with Gasteiger partial charge in [-0.3, -0.25) is 4.79 Å². The number of carboxylic acids is 1. The maximum Gasteiger partial charge on any atom is 0.323 e. The van der Waals surface area contributed by atoms with Crippen molar-refractivity contribution in [2.24, 2.45) is 0 Å². The molecule has 5 nitrogen and oxygen atoms in total. The zero-order valence-corrected chi connectivity index (χ0v) is 7.87. The number of likely N-dealkylation sites (N-methyl/N-ethyl adjacent to an activating group) is 1. The average molecular weight is 184 g/mol. The van der Waals surface area contributed by atoms with E-state index in [1.807, 2.05) is 0 Å². The van der Waals surface area contributed by atoms with Crippen molar-refractivity contribution in [2.45, 2.75) is 13.8 Å². The largest absolute Gasteiger partial charge is 0.480 e. The van der Waals surface area contributed by atoms with Crippen LogP contribution in [0.5, 0.6) is 0 Å². The molecule has 0 unspecified atom stereocenters. The standard InChI is InChI=1S/C8H12N2O3/c1-5-8(6(2)13-9-5)10(3)4-7(11)12/h4H2,1-3H3,(H,11,12). The number of anilines is 1. The molecule has 1 aromatic rings. The predicted octanol–water partition coefficient (Wildman–Crippen LogP) is 0.812. The van der Waals surface area contributed by atoms with Crippen molar-refractivity contribution in [3.63, 3.8) is 0 Å². The van der Waals surface area contributed by atoms with Crippen molar-refractivity contribution >= 4 is 11.7 Å². The van der Waals surface area contributed by atoms with Gasteiger partial charge in [0.1, 0.15) is 17.9 Å². The topological polar surface area (TPSA) is 66.6 Å². The number of aryl methyl sites for hydroxylation is 2. The third-order valence-corrected chi connectivity index (χ3v) is 1.75. The van der Waals surface area contributed by atoms with Crippen LogP contribution in [0.25, 0.3) is 0 Å². The van der Waals surface area contributed by atoms with Crippen LogP contribution >= 0.6 is 0 Å². The summed E-state index contributed by atoms with van der Waals surface area (Å²) in [6.07, 6.45) is 0. The van der Waals surface area contributed by atoms with Crippen molar-refractivity contribution in [2.75, 3.05) is 18.5 Å². The van der Waals surface area contributed by atoms with E-state index in [9.17, 15) is 4.79 Å². The predicted molar refractivity (Wildman–Crippen MR) is 46.9 cm³/mol. The van der Waals surface area contributed by atoms with E-state index in [1.165, 1.54) is 0 Å². The van der Waals surface area contributed by atoms with Gasteiger partial charge in [-0.25, -0.2) is 0 Å². The van der Waals surface area contributed by atoms with Crippen molar-refractivity contribution in [3.05, 3.63) is 11.5 Å². The Morgan fingerprint density at radius 2 is 2.23 bits per heavy atom. The Morgan fingerprint density at radius 3 is 2.62 bits per heavy atom. The third-order valence-electron chi connectivity index (χ3n) is 1.75. The molecule has 0 fully saturated rings. The molecule has 0 bridgehead atoms. The molecule has 0 aliphatic heterocycles. The minimum Gasteiger partial charge on any atom is -0.480 e. The number of nitrogens with zero attached hydrogens (tertiary/aromatic N) is 2. The molecule has 1 aromatic heterocycles. The van der Waals surface area contributed by atoms with Crippen LogP contribution in [0.1, 0.15) is 11.5 Å². The van der Waals surface area contributed by atoms with E-state index >= 15 is 0 Å². The molecular weight excluding hydrogens is 172 g/mol. The lowest BCUT2D eigenvalue weighted by Gasteiger charge is -2.15. The van der Waals surface area contributed by atoms with Gasteiger partial charge >= 0.3 is 5.97 Å². The second kappa shape index (κ2) is 3.47. The molecular formula is C8H12N2O3. The first-order valence-electron chi connectivity index (χ1n) is 3.88. The molecule has 72 valence electrons.